The summed E-state index contributed by atoms with van der Waals surface area (Å²) in [5.41, 5.74) is 0.0706. The van der Waals surface area contributed by atoms with Crippen LogP contribution in [0.15, 0.2) is 36.4 Å². The third-order valence-corrected chi connectivity index (χ3v) is 3.86. The van der Waals surface area contributed by atoms with Crippen molar-refractivity contribution in [3.05, 3.63) is 42.0 Å². The average Bonchev–Trinajstić information content (AvgIpc) is 2.60. The molecule has 0 saturated heterocycles. The van der Waals surface area contributed by atoms with Crippen LogP contribution in [0.1, 0.15) is 37.7 Å². The van der Waals surface area contributed by atoms with Crippen molar-refractivity contribution in [1.82, 2.24) is 5.32 Å². The van der Waals surface area contributed by atoms with Crippen molar-refractivity contribution in [2.45, 2.75) is 37.6 Å². The third-order valence-electron chi connectivity index (χ3n) is 3.86. The Morgan fingerprint density at radius 2 is 1.91 bits per heavy atom. The number of hydrogen-bond acceptors (Lipinski definition) is 4. The zero-order chi connectivity index (χ0) is 16.5. The molecular formula is C18H20N2O3. The van der Waals surface area contributed by atoms with E-state index in [2.05, 4.69) is 11.4 Å². The number of benzene rings is 1. The van der Waals surface area contributed by atoms with Gasteiger partial charge in [0.2, 0.25) is 0 Å². The smallest absolute Gasteiger partial charge is 0.331 e. The monoisotopic (exact) mass is 312 g/mol. The Kier molecular flexibility index (Phi) is 5.93. The van der Waals surface area contributed by atoms with Crippen LogP contribution in [-0.2, 0) is 14.3 Å². The molecule has 0 unspecified atom stereocenters. The standard InChI is InChI=1S/C18H20N2O3/c19-14-18(11-5-2-6-12-18)20-16(21)13-23-17(22)10-9-15-7-3-1-4-8-15/h1,3-4,7-10H,2,5-6,11-13H2,(H,20,21)/b10-9+. The Hall–Kier alpha value is -2.61. The summed E-state index contributed by atoms with van der Waals surface area (Å²) in [7, 11) is 0. The van der Waals surface area contributed by atoms with Gasteiger partial charge in [-0.2, -0.15) is 5.26 Å². The lowest BCUT2D eigenvalue weighted by molar-refractivity contribution is -0.144. The molecule has 0 radical (unpaired) electrons. The van der Waals surface area contributed by atoms with Gasteiger partial charge in [0, 0.05) is 6.08 Å². The first-order chi connectivity index (χ1) is 11.1. The SMILES string of the molecule is N#CC1(NC(=O)COC(=O)/C=C/c2ccccc2)CCCCC1. The van der Waals surface area contributed by atoms with E-state index in [0.29, 0.717) is 12.8 Å². The normalized spacial score (nSPS) is 16.5. The maximum atomic E-state index is 11.9. The summed E-state index contributed by atoms with van der Waals surface area (Å²) >= 11 is 0. The zero-order valence-electron chi connectivity index (χ0n) is 13.0. The summed E-state index contributed by atoms with van der Waals surface area (Å²) in [5.74, 6) is -1.02. The van der Waals surface area contributed by atoms with Gasteiger partial charge in [0.15, 0.2) is 6.61 Å². The highest BCUT2D eigenvalue weighted by molar-refractivity contribution is 5.89. The van der Waals surface area contributed by atoms with Crippen molar-refractivity contribution in [3.8, 4) is 6.07 Å². The summed E-state index contributed by atoms with van der Waals surface area (Å²) in [5, 5.41) is 12.0. The summed E-state index contributed by atoms with van der Waals surface area (Å²) in [6.45, 7) is -0.374. The van der Waals surface area contributed by atoms with Crippen molar-refractivity contribution >= 4 is 18.0 Å². The van der Waals surface area contributed by atoms with E-state index in [0.717, 1.165) is 24.8 Å². The highest BCUT2D eigenvalue weighted by atomic mass is 16.5. The number of nitriles is 1. The fourth-order valence-electron chi connectivity index (χ4n) is 2.64. The molecule has 1 aliphatic rings. The van der Waals surface area contributed by atoms with Crippen LogP contribution in [0.25, 0.3) is 6.08 Å². The molecule has 1 aliphatic carbocycles. The number of esters is 1. The van der Waals surface area contributed by atoms with E-state index < -0.39 is 17.4 Å². The van der Waals surface area contributed by atoms with Crippen LogP contribution in [0.5, 0.6) is 0 Å². The molecule has 1 saturated carbocycles. The van der Waals surface area contributed by atoms with E-state index in [-0.39, 0.29) is 6.61 Å². The Labute approximate surface area is 135 Å². The van der Waals surface area contributed by atoms with Crippen molar-refractivity contribution in [2.75, 3.05) is 6.61 Å². The summed E-state index contributed by atoms with van der Waals surface area (Å²) < 4.78 is 4.91. The molecule has 0 spiro atoms. The lowest BCUT2D eigenvalue weighted by Crippen LogP contribution is -2.49. The molecule has 1 fully saturated rings. The quantitative estimate of drug-likeness (QED) is 0.669. The molecule has 23 heavy (non-hydrogen) atoms. The number of amides is 1. The van der Waals surface area contributed by atoms with Crippen LogP contribution in [0.2, 0.25) is 0 Å². The Morgan fingerprint density at radius 3 is 2.57 bits per heavy atom. The summed E-state index contributed by atoms with van der Waals surface area (Å²) in [4.78, 5) is 23.5. The lowest BCUT2D eigenvalue weighted by Gasteiger charge is -2.31. The molecule has 2 rings (SSSR count). The Morgan fingerprint density at radius 1 is 1.22 bits per heavy atom. The zero-order valence-corrected chi connectivity index (χ0v) is 13.0. The van der Waals surface area contributed by atoms with Crippen LogP contribution in [0, 0.1) is 11.3 Å². The molecule has 0 bridgehead atoms. The fourth-order valence-corrected chi connectivity index (χ4v) is 2.64. The first-order valence-corrected chi connectivity index (χ1v) is 7.76. The number of rotatable bonds is 5. The Balaban J connectivity index is 1.78. The lowest BCUT2D eigenvalue weighted by atomic mass is 9.83. The molecule has 0 aliphatic heterocycles. The molecule has 0 aromatic heterocycles. The minimum atomic E-state index is -0.804. The average molecular weight is 312 g/mol. The summed E-state index contributed by atoms with van der Waals surface area (Å²) in [6.07, 6.45) is 7.13. The highest BCUT2D eigenvalue weighted by Crippen LogP contribution is 2.27. The van der Waals surface area contributed by atoms with Crippen LogP contribution < -0.4 is 5.32 Å². The van der Waals surface area contributed by atoms with Crippen molar-refractivity contribution in [3.63, 3.8) is 0 Å². The molecule has 1 aromatic carbocycles. The molecule has 5 heteroatoms. The minimum Gasteiger partial charge on any atom is -0.452 e. The van der Waals surface area contributed by atoms with Gasteiger partial charge in [-0.15, -0.1) is 0 Å². The van der Waals surface area contributed by atoms with E-state index >= 15 is 0 Å². The molecule has 1 amide bonds. The topological polar surface area (TPSA) is 79.2 Å². The predicted molar refractivity (Wildman–Crippen MR) is 86.0 cm³/mol. The largest absolute Gasteiger partial charge is 0.452 e. The summed E-state index contributed by atoms with van der Waals surface area (Å²) in [6, 6.07) is 11.5. The van der Waals surface area contributed by atoms with Crippen molar-refractivity contribution in [2.24, 2.45) is 0 Å². The van der Waals surface area contributed by atoms with Gasteiger partial charge in [-0.1, -0.05) is 49.6 Å². The van der Waals surface area contributed by atoms with Crippen LogP contribution in [-0.4, -0.2) is 24.0 Å². The molecule has 1 N–H and O–H groups in total. The van der Waals surface area contributed by atoms with E-state index in [9.17, 15) is 14.9 Å². The van der Waals surface area contributed by atoms with E-state index in [1.54, 1.807) is 6.08 Å². The van der Waals surface area contributed by atoms with E-state index in [4.69, 9.17) is 4.74 Å². The second-order valence-electron chi connectivity index (χ2n) is 5.65. The molecule has 120 valence electrons. The first kappa shape index (κ1) is 16.8. The number of carbonyl (C=O) groups excluding carboxylic acids is 2. The number of nitrogens with one attached hydrogen (secondary N) is 1. The van der Waals surface area contributed by atoms with E-state index in [1.807, 2.05) is 30.3 Å². The number of carbonyl (C=O) groups is 2. The van der Waals surface area contributed by atoms with Gasteiger partial charge in [0.1, 0.15) is 5.54 Å². The molecule has 0 heterocycles. The molecular weight excluding hydrogens is 292 g/mol. The fraction of sp³-hybridized carbons (Fsp3) is 0.389. The van der Waals surface area contributed by atoms with E-state index in [1.165, 1.54) is 6.08 Å². The van der Waals surface area contributed by atoms with Gasteiger partial charge in [0.05, 0.1) is 6.07 Å². The predicted octanol–water partition coefficient (Wildman–Crippen LogP) is 2.59. The number of ether oxygens (including phenoxy) is 1. The third kappa shape index (κ3) is 5.26. The molecule has 0 atom stereocenters. The Bertz CT molecular complexity index is 611. The van der Waals surface area contributed by atoms with Crippen LogP contribution in [0.3, 0.4) is 0 Å². The van der Waals surface area contributed by atoms with Gasteiger partial charge in [-0.3, -0.25) is 4.79 Å². The van der Waals surface area contributed by atoms with Crippen molar-refractivity contribution < 1.29 is 14.3 Å². The van der Waals surface area contributed by atoms with Gasteiger partial charge < -0.3 is 10.1 Å². The first-order valence-electron chi connectivity index (χ1n) is 7.76. The molecule has 5 nitrogen and oxygen atoms in total. The maximum absolute atomic E-state index is 11.9. The number of nitrogens with zero attached hydrogens (tertiary/aromatic N) is 1. The molecule has 1 aromatic rings. The highest BCUT2D eigenvalue weighted by Gasteiger charge is 2.33. The second kappa shape index (κ2) is 8.14. The van der Waals surface area contributed by atoms with Gasteiger partial charge in [-0.25, -0.2) is 4.79 Å². The second-order valence-corrected chi connectivity index (χ2v) is 5.65. The van der Waals surface area contributed by atoms with Gasteiger partial charge in [-0.05, 0) is 24.5 Å². The van der Waals surface area contributed by atoms with Crippen LogP contribution >= 0.6 is 0 Å². The van der Waals surface area contributed by atoms with Gasteiger partial charge in [0.25, 0.3) is 5.91 Å². The van der Waals surface area contributed by atoms with Crippen molar-refractivity contribution in [1.29, 1.82) is 5.26 Å². The maximum Gasteiger partial charge on any atom is 0.331 e. The minimum absolute atomic E-state index is 0.374. The van der Waals surface area contributed by atoms with Gasteiger partial charge >= 0.3 is 5.97 Å². The van der Waals surface area contributed by atoms with Crippen LogP contribution in [0.4, 0.5) is 0 Å². The number of hydrogen-bond donors (Lipinski definition) is 1.